The van der Waals surface area contributed by atoms with Gasteiger partial charge in [0, 0.05) is 17.6 Å². The zero-order valence-corrected chi connectivity index (χ0v) is 17.6. The first-order chi connectivity index (χ1) is 15.0. The van der Waals surface area contributed by atoms with E-state index in [4.69, 9.17) is 0 Å². The number of hydrogen-bond donors (Lipinski definition) is 0. The Kier molecular flexibility index (Phi) is 4.66. The maximum atomic E-state index is 13.4. The predicted molar refractivity (Wildman–Crippen MR) is 120 cm³/mol. The minimum absolute atomic E-state index is 0.108. The molecule has 0 fully saturated rings. The minimum Gasteiger partial charge on any atom is -0.311 e. The molecular weight excluding hydrogens is 390 g/mol. The highest BCUT2D eigenvalue weighted by atomic mass is 16.2. The van der Waals surface area contributed by atoms with Gasteiger partial charge < -0.3 is 4.90 Å². The molecule has 1 amide bonds. The van der Waals surface area contributed by atoms with Crippen molar-refractivity contribution < 1.29 is 4.79 Å². The molecule has 7 nitrogen and oxygen atoms in total. The molecule has 1 aliphatic heterocycles. The lowest BCUT2D eigenvalue weighted by atomic mass is 10.0. The second-order valence-electron chi connectivity index (χ2n) is 7.93. The third-order valence-electron chi connectivity index (χ3n) is 5.91. The Morgan fingerprint density at radius 1 is 1.03 bits per heavy atom. The molecule has 0 saturated carbocycles. The Balaban J connectivity index is 1.57. The van der Waals surface area contributed by atoms with E-state index in [1.165, 1.54) is 4.68 Å². The normalized spacial score (nSPS) is 13.4. The topological polar surface area (TPSA) is 73.0 Å². The number of hydrogen-bond acceptors (Lipinski definition) is 4. The van der Waals surface area contributed by atoms with Crippen molar-refractivity contribution >= 4 is 22.5 Å². The molecule has 0 aliphatic carbocycles. The van der Waals surface area contributed by atoms with Gasteiger partial charge in [0.15, 0.2) is 0 Å². The fraction of sp³-hybridized carbons (Fsp3) is 0.250. The number of nitrogens with zero attached hydrogens (tertiary/aromatic N) is 5. The summed E-state index contributed by atoms with van der Waals surface area (Å²) in [7, 11) is 0. The van der Waals surface area contributed by atoms with Gasteiger partial charge in [0.2, 0.25) is 5.91 Å². The Morgan fingerprint density at radius 2 is 1.77 bits per heavy atom. The van der Waals surface area contributed by atoms with Gasteiger partial charge in [-0.05, 0) is 49.9 Å². The van der Waals surface area contributed by atoms with E-state index in [0.29, 0.717) is 23.1 Å². The second-order valence-corrected chi connectivity index (χ2v) is 7.93. The molecule has 156 valence electrons. The van der Waals surface area contributed by atoms with E-state index in [-0.39, 0.29) is 18.0 Å². The summed E-state index contributed by atoms with van der Waals surface area (Å²) in [5.74, 6) is -0.137. The van der Waals surface area contributed by atoms with Crippen LogP contribution in [0.5, 0.6) is 0 Å². The summed E-state index contributed by atoms with van der Waals surface area (Å²) in [6.45, 7) is 4.35. The molecule has 1 aliphatic rings. The van der Waals surface area contributed by atoms with Gasteiger partial charge in [-0.3, -0.25) is 9.59 Å². The number of amides is 1. The van der Waals surface area contributed by atoms with Crippen LogP contribution in [0.3, 0.4) is 0 Å². The van der Waals surface area contributed by atoms with Gasteiger partial charge in [0.25, 0.3) is 5.56 Å². The largest absolute Gasteiger partial charge is 0.311 e. The molecule has 0 saturated heterocycles. The highest BCUT2D eigenvalue weighted by Crippen LogP contribution is 2.27. The van der Waals surface area contributed by atoms with Crippen molar-refractivity contribution in [3.05, 3.63) is 81.9 Å². The van der Waals surface area contributed by atoms with Crippen molar-refractivity contribution in [1.29, 1.82) is 0 Å². The van der Waals surface area contributed by atoms with Gasteiger partial charge in [0.1, 0.15) is 12.1 Å². The van der Waals surface area contributed by atoms with Crippen LogP contribution in [-0.2, 0) is 17.8 Å². The smallest absolute Gasteiger partial charge is 0.293 e. The first kappa shape index (κ1) is 19.2. The molecule has 3 heterocycles. The predicted octanol–water partition coefficient (Wildman–Crippen LogP) is 3.18. The van der Waals surface area contributed by atoms with Crippen molar-refractivity contribution in [3.8, 4) is 5.69 Å². The lowest BCUT2D eigenvalue weighted by molar-refractivity contribution is -0.119. The summed E-state index contributed by atoms with van der Waals surface area (Å²) in [5, 5.41) is 9.58. The Bertz CT molecular complexity index is 1370. The Morgan fingerprint density at radius 3 is 2.58 bits per heavy atom. The molecule has 7 heteroatoms. The minimum atomic E-state index is -0.319. The molecule has 0 atom stereocenters. The van der Waals surface area contributed by atoms with Crippen LogP contribution in [0.2, 0.25) is 0 Å². The highest BCUT2D eigenvalue weighted by Gasteiger charge is 2.24. The van der Waals surface area contributed by atoms with Crippen molar-refractivity contribution in [2.45, 2.75) is 33.2 Å². The van der Waals surface area contributed by atoms with E-state index in [1.54, 1.807) is 15.8 Å². The van der Waals surface area contributed by atoms with E-state index in [0.717, 1.165) is 35.3 Å². The van der Waals surface area contributed by atoms with E-state index in [1.807, 2.05) is 56.3 Å². The number of aromatic nitrogens is 4. The molecular formula is C24H23N5O2. The summed E-state index contributed by atoms with van der Waals surface area (Å²) in [4.78, 5) is 28.3. The van der Waals surface area contributed by atoms with Crippen LogP contribution in [0.15, 0.2) is 59.5 Å². The van der Waals surface area contributed by atoms with Crippen molar-refractivity contribution in [1.82, 2.24) is 19.6 Å². The van der Waals surface area contributed by atoms with Crippen LogP contribution >= 0.6 is 0 Å². The summed E-state index contributed by atoms with van der Waals surface area (Å²) in [5.41, 5.74) is 4.72. The number of carbonyl (C=O) groups excluding carboxylic acids is 1. The van der Waals surface area contributed by atoms with E-state index in [2.05, 4.69) is 16.3 Å². The maximum absolute atomic E-state index is 13.4. The molecule has 2 aromatic heterocycles. The van der Waals surface area contributed by atoms with Crippen LogP contribution in [-0.4, -0.2) is 32.0 Å². The molecule has 5 rings (SSSR count). The van der Waals surface area contributed by atoms with Gasteiger partial charge in [-0.15, -0.1) is 0 Å². The first-order valence-corrected chi connectivity index (χ1v) is 10.4. The number of anilines is 1. The lowest BCUT2D eigenvalue weighted by Crippen LogP contribution is -2.40. The Labute approximate surface area is 179 Å². The highest BCUT2D eigenvalue weighted by molar-refractivity contribution is 5.94. The van der Waals surface area contributed by atoms with Gasteiger partial charge >= 0.3 is 0 Å². The van der Waals surface area contributed by atoms with Gasteiger partial charge in [-0.1, -0.05) is 36.4 Å². The molecule has 31 heavy (non-hydrogen) atoms. The fourth-order valence-electron chi connectivity index (χ4n) is 4.32. The average Bonchev–Trinajstić information content (AvgIpc) is 3.23. The van der Waals surface area contributed by atoms with E-state index >= 15 is 0 Å². The second kappa shape index (κ2) is 7.50. The number of benzene rings is 2. The van der Waals surface area contributed by atoms with E-state index < -0.39 is 0 Å². The van der Waals surface area contributed by atoms with Crippen LogP contribution < -0.4 is 10.5 Å². The number of rotatable bonds is 3. The quantitative estimate of drug-likeness (QED) is 0.517. The van der Waals surface area contributed by atoms with Crippen LogP contribution in [0, 0.1) is 13.8 Å². The molecule has 0 N–H and O–H groups in total. The van der Waals surface area contributed by atoms with Gasteiger partial charge in [0.05, 0.1) is 17.6 Å². The molecule has 4 aromatic rings. The van der Waals surface area contributed by atoms with E-state index in [9.17, 15) is 9.59 Å². The molecule has 0 unspecified atom stereocenters. The lowest BCUT2D eigenvalue weighted by Gasteiger charge is -2.29. The number of aryl methyl sites for hydroxylation is 3. The molecule has 0 radical (unpaired) electrons. The third kappa shape index (κ3) is 3.22. The SMILES string of the molecule is Cc1ccccc1-n1ncc2c(C)nn(CC(=O)N3CCCc4ccccc43)c(=O)c21. The summed E-state index contributed by atoms with van der Waals surface area (Å²) in [6, 6.07) is 15.7. The Hall–Kier alpha value is -3.74. The zero-order valence-electron chi connectivity index (χ0n) is 17.6. The van der Waals surface area contributed by atoms with Crippen molar-refractivity contribution in [2.24, 2.45) is 0 Å². The maximum Gasteiger partial charge on any atom is 0.293 e. The standard InChI is InChI=1S/C24H23N5O2/c1-16-8-3-5-11-20(16)29-23-19(14-25-29)17(2)26-28(24(23)31)15-22(30)27-13-7-10-18-9-4-6-12-21(18)27/h3-6,8-9,11-12,14H,7,10,13,15H2,1-2H3. The van der Waals surface area contributed by atoms with Crippen LogP contribution in [0.4, 0.5) is 5.69 Å². The number of para-hydroxylation sites is 2. The third-order valence-corrected chi connectivity index (χ3v) is 5.91. The summed E-state index contributed by atoms with van der Waals surface area (Å²) < 4.78 is 2.92. The van der Waals surface area contributed by atoms with Crippen LogP contribution in [0.25, 0.3) is 16.6 Å². The van der Waals surface area contributed by atoms with Gasteiger partial charge in [-0.25, -0.2) is 9.36 Å². The summed E-state index contributed by atoms with van der Waals surface area (Å²) >= 11 is 0. The monoisotopic (exact) mass is 413 g/mol. The molecule has 0 spiro atoms. The fourth-order valence-corrected chi connectivity index (χ4v) is 4.32. The van der Waals surface area contributed by atoms with Gasteiger partial charge in [-0.2, -0.15) is 10.2 Å². The number of carbonyl (C=O) groups is 1. The van der Waals surface area contributed by atoms with Crippen LogP contribution in [0.1, 0.15) is 23.2 Å². The molecule has 2 aromatic carbocycles. The van der Waals surface area contributed by atoms with Crippen molar-refractivity contribution in [2.75, 3.05) is 11.4 Å². The van der Waals surface area contributed by atoms with Crippen molar-refractivity contribution in [3.63, 3.8) is 0 Å². The summed E-state index contributed by atoms with van der Waals surface area (Å²) in [6.07, 6.45) is 3.53. The average molecular weight is 413 g/mol. The zero-order chi connectivity index (χ0) is 21.5. The number of fused-ring (bicyclic) bond motifs is 2. The molecule has 0 bridgehead atoms. The first-order valence-electron chi connectivity index (χ1n) is 10.4.